The van der Waals surface area contributed by atoms with E-state index in [4.69, 9.17) is 0 Å². The second-order valence-corrected chi connectivity index (χ2v) is 4.99. The molecule has 1 nitrogen and oxygen atoms in total. The summed E-state index contributed by atoms with van der Waals surface area (Å²) >= 11 is 0. The zero-order valence-electron chi connectivity index (χ0n) is 10.9. The Morgan fingerprint density at radius 2 is 1.83 bits per heavy atom. The first-order chi connectivity index (χ1) is 8.69. The van der Waals surface area contributed by atoms with Gasteiger partial charge in [-0.3, -0.25) is 0 Å². The minimum Gasteiger partial charge on any atom is -0.355 e. The smallest absolute Gasteiger partial charge is 0.0467 e. The summed E-state index contributed by atoms with van der Waals surface area (Å²) in [5, 5.41) is 2.64. The first kappa shape index (κ1) is 11.1. The molecule has 1 heterocycles. The standard InChI is InChI=1S/C17H17N/c1-4-5-13-10-17-15(9-12(13)3)14-8-11(2)6-7-16(14)18-17/h4,6-10,18H,1,5H2,2-3H3. The summed E-state index contributed by atoms with van der Waals surface area (Å²) in [7, 11) is 0. The maximum absolute atomic E-state index is 3.82. The van der Waals surface area contributed by atoms with Gasteiger partial charge in [-0.05, 0) is 55.7 Å². The van der Waals surface area contributed by atoms with Crippen LogP contribution in [0.1, 0.15) is 16.7 Å². The summed E-state index contributed by atoms with van der Waals surface area (Å²) in [6.45, 7) is 8.13. The predicted molar refractivity (Wildman–Crippen MR) is 79.2 cm³/mol. The van der Waals surface area contributed by atoms with Gasteiger partial charge in [-0.25, -0.2) is 0 Å². The molecule has 0 spiro atoms. The zero-order chi connectivity index (χ0) is 12.7. The summed E-state index contributed by atoms with van der Waals surface area (Å²) < 4.78 is 0. The molecule has 0 amide bonds. The molecule has 0 bridgehead atoms. The molecule has 0 aliphatic rings. The number of hydrogen-bond acceptors (Lipinski definition) is 0. The lowest BCUT2D eigenvalue weighted by molar-refractivity contribution is 1.23. The van der Waals surface area contributed by atoms with E-state index < -0.39 is 0 Å². The number of rotatable bonds is 2. The van der Waals surface area contributed by atoms with Gasteiger partial charge in [0.1, 0.15) is 0 Å². The summed E-state index contributed by atoms with van der Waals surface area (Å²) in [5.41, 5.74) is 6.42. The van der Waals surface area contributed by atoms with Gasteiger partial charge in [-0.15, -0.1) is 6.58 Å². The number of aromatic amines is 1. The van der Waals surface area contributed by atoms with E-state index in [0.717, 1.165) is 6.42 Å². The molecule has 18 heavy (non-hydrogen) atoms. The lowest BCUT2D eigenvalue weighted by Gasteiger charge is -2.03. The molecule has 0 unspecified atom stereocenters. The van der Waals surface area contributed by atoms with Crippen molar-refractivity contribution < 1.29 is 0 Å². The van der Waals surface area contributed by atoms with Gasteiger partial charge < -0.3 is 4.98 Å². The Hall–Kier alpha value is -2.02. The van der Waals surface area contributed by atoms with Crippen LogP contribution in [0.4, 0.5) is 0 Å². The van der Waals surface area contributed by atoms with Gasteiger partial charge in [0.25, 0.3) is 0 Å². The molecule has 2 aromatic carbocycles. The molecule has 0 atom stereocenters. The lowest BCUT2D eigenvalue weighted by Crippen LogP contribution is -1.86. The maximum Gasteiger partial charge on any atom is 0.0467 e. The van der Waals surface area contributed by atoms with Crippen molar-refractivity contribution in [3.63, 3.8) is 0 Å². The van der Waals surface area contributed by atoms with Crippen molar-refractivity contribution in [1.29, 1.82) is 0 Å². The Balaban J connectivity index is 2.37. The van der Waals surface area contributed by atoms with Gasteiger partial charge in [-0.1, -0.05) is 17.7 Å². The fourth-order valence-corrected chi connectivity index (χ4v) is 2.59. The largest absolute Gasteiger partial charge is 0.355 e. The van der Waals surface area contributed by atoms with Crippen LogP contribution in [0.3, 0.4) is 0 Å². The van der Waals surface area contributed by atoms with Crippen molar-refractivity contribution in [2.24, 2.45) is 0 Å². The second kappa shape index (κ2) is 4.02. The number of aryl methyl sites for hydroxylation is 2. The van der Waals surface area contributed by atoms with E-state index in [1.54, 1.807) is 0 Å². The van der Waals surface area contributed by atoms with Crippen molar-refractivity contribution >= 4 is 21.8 Å². The molecule has 3 aromatic rings. The van der Waals surface area contributed by atoms with Gasteiger partial charge >= 0.3 is 0 Å². The van der Waals surface area contributed by atoms with Crippen LogP contribution in [-0.4, -0.2) is 4.98 Å². The van der Waals surface area contributed by atoms with Crippen LogP contribution in [0.25, 0.3) is 21.8 Å². The fraction of sp³-hybridized carbons (Fsp3) is 0.176. The van der Waals surface area contributed by atoms with Crippen LogP contribution in [0.2, 0.25) is 0 Å². The van der Waals surface area contributed by atoms with Crippen LogP contribution in [-0.2, 0) is 6.42 Å². The molecule has 1 aromatic heterocycles. The number of hydrogen-bond donors (Lipinski definition) is 1. The molecule has 1 N–H and O–H groups in total. The van der Waals surface area contributed by atoms with Crippen LogP contribution < -0.4 is 0 Å². The number of nitrogens with one attached hydrogen (secondary N) is 1. The Bertz CT molecular complexity index is 747. The molecule has 1 heteroatoms. The first-order valence-electron chi connectivity index (χ1n) is 6.31. The molecule has 0 aliphatic heterocycles. The SMILES string of the molecule is C=CCc1cc2[nH]c3ccc(C)cc3c2cc1C. The number of benzene rings is 2. The van der Waals surface area contributed by atoms with E-state index >= 15 is 0 Å². The van der Waals surface area contributed by atoms with Gasteiger partial charge in [-0.2, -0.15) is 0 Å². The number of H-pyrrole nitrogens is 1. The van der Waals surface area contributed by atoms with Crippen molar-refractivity contribution in [3.8, 4) is 0 Å². The minimum atomic E-state index is 0.927. The Kier molecular flexibility index (Phi) is 2.48. The van der Waals surface area contributed by atoms with E-state index in [9.17, 15) is 0 Å². The van der Waals surface area contributed by atoms with Crippen molar-refractivity contribution in [2.75, 3.05) is 0 Å². The molecule has 0 fully saturated rings. The molecule has 0 saturated heterocycles. The van der Waals surface area contributed by atoms with Crippen LogP contribution in [0.15, 0.2) is 43.0 Å². The summed E-state index contributed by atoms with van der Waals surface area (Å²) in [5.74, 6) is 0. The fourth-order valence-electron chi connectivity index (χ4n) is 2.59. The second-order valence-electron chi connectivity index (χ2n) is 4.99. The van der Waals surface area contributed by atoms with Gasteiger partial charge in [0.05, 0.1) is 0 Å². The molecule has 3 rings (SSSR count). The third-order valence-corrected chi connectivity index (χ3v) is 3.57. The van der Waals surface area contributed by atoms with E-state index in [0.29, 0.717) is 0 Å². The summed E-state index contributed by atoms with van der Waals surface area (Å²) in [6, 6.07) is 11.1. The third-order valence-electron chi connectivity index (χ3n) is 3.57. The zero-order valence-corrected chi connectivity index (χ0v) is 10.9. The Morgan fingerprint density at radius 1 is 1.06 bits per heavy atom. The summed E-state index contributed by atoms with van der Waals surface area (Å²) in [6.07, 6.45) is 2.89. The quantitative estimate of drug-likeness (QED) is 0.621. The van der Waals surface area contributed by atoms with Crippen LogP contribution >= 0.6 is 0 Å². The molecule has 90 valence electrons. The highest BCUT2D eigenvalue weighted by molar-refractivity contribution is 6.07. The maximum atomic E-state index is 3.82. The highest BCUT2D eigenvalue weighted by atomic mass is 14.7. The molecular weight excluding hydrogens is 218 g/mol. The lowest BCUT2D eigenvalue weighted by atomic mass is 10.0. The molecular formula is C17H17N. The highest BCUT2D eigenvalue weighted by Gasteiger charge is 2.07. The molecule has 0 aliphatic carbocycles. The predicted octanol–water partition coefficient (Wildman–Crippen LogP) is 4.67. The van der Waals surface area contributed by atoms with Gasteiger partial charge in [0.15, 0.2) is 0 Å². The first-order valence-corrected chi connectivity index (χ1v) is 6.31. The van der Waals surface area contributed by atoms with Crippen molar-refractivity contribution in [2.45, 2.75) is 20.3 Å². The van der Waals surface area contributed by atoms with Crippen LogP contribution in [0, 0.1) is 13.8 Å². The van der Waals surface area contributed by atoms with Crippen LogP contribution in [0.5, 0.6) is 0 Å². The average Bonchev–Trinajstić information content (AvgIpc) is 2.67. The Labute approximate surface area is 107 Å². The normalized spacial score (nSPS) is 11.2. The van der Waals surface area contributed by atoms with Gasteiger partial charge in [0.2, 0.25) is 0 Å². The van der Waals surface area contributed by atoms with E-state index in [-0.39, 0.29) is 0 Å². The number of fused-ring (bicyclic) bond motifs is 3. The molecule has 0 radical (unpaired) electrons. The molecule has 0 saturated carbocycles. The number of allylic oxidation sites excluding steroid dienone is 1. The van der Waals surface area contributed by atoms with Gasteiger partial charge in [0, 0.05) is 21.8 Å². The third kappa shape index (κ3) is 1.63. The van der Waals surface area contributed by atoms with E-state index in [1.807, 2.05) is 6.08 Å². The van der Waals surface area contributed by atoms with Crippen molar-refractivity contribution in [3.05, 3.63) is 59.7 Å². The topological polar surface area (TPSA) is 15.8 Å². The van der Waals surface area contributed by atoms with E-state index in [1.165, 1.54) is 38.5 Å². The highest BCUT2D eigenvalue weighted by Crippen LogP contribution is 2.28. The Morgan fingerprint density at radius 3 is 2.61 bits per heavy atom. The van der Waals surface area contributed by atoms with E-state index in [2.05, 4.69) is 55.7 Å². The number of aromatic nitrogens is 1. The van der Waals surface area contributed by atoms with Crippen molar-refractivity contribution in [1.82, 2.24) is 4.98 Å². The summed E-state index contributed by atoms with van der Waals surface area (Å²) in [4.78, 5) is 3.50. The minimum absolute atomic E-state index is 0.927. The monoisotopic (exact) mass is 235 g/mol. The average molecular weight is 235 g/mol.